The van der Waals surface area contributed by atoms with Crippen LogP contribution in [0.5, 0.6) is 5.75 Å². The van der Waals surface area contributed by atoms with E-state index in [2.05, 4.69) is 49.3 Å². The van der Waals surface area contributed by atoms with Crippen molar-refractivity contribution in [2.24, 2.45) is 15.9 Å². The summed E-state index contributed by atoms with van der Waals surface area (Å²) < 4.78 is 12.5. The molecule has 0 saturated heterocycles. The number of para-hydroxylation sites is 1. The largest absolute Gasteiger partial charge is 0.465 e. The minimum absolute atomic E-state index is 0.0203. The first kappa shape index (κ1) is 41.4. The first-order valence-corrected chi connectivity index (χ1v) is 20.7. The molecule has 10 nitrogen and oxygen atoms in total. The van der Waals surface area contributed by atoms with Crippen LogP contribution in [0.4, 0.5) is 28.4 Å². The number of carbonyl (C=O) groups is 2. The number of amidine groups is 1. The zero-order valence-electron chi connectivity index (χ0n) is 33.8. The monoisotopic (exact) mass is 790 g/mol. The molecule has 6 rings (SSSR count). The average molecular weight is 791 g/mol. The summed E-state index contributed by atoms with van der Waals surface area (Å²) in [7, 11) is 0. The van der Waals surface area contributed by atoms with Gasteiger partial charge in [0.2, 0.25) is 12.2 Å². The highest BCUT2D eigenvalue weighted by molar-refractivity contribution is 6.72. The van der Waals surface area contributed by atoms with Crippen molar-refractivity contribution in [3.05, 3.63) is 107 Å². The molecule has 1 fully saturated rings. The molecule has 0 bridgehead atoms. The molecule has 300 valence electrons. The van der Waals surface area contributed by atoms with E-state index in [4.69, 9.17) is 31.1 Å². The van der Waals surface area contributed by atoms with Crippen LogP contribution in [-0.4, -0.2) is 55.5 Å². The zero-order valence-corrected chi connectivity index (χ0v) is 34.5. The number of unbranched alkanes of at least 4 members (excludes halogenated alkanes) is 1. The van der Waals surface area contributed by atoms with Crippen LogP contribution in [0.1, 0.15) is 76.8 Å². The van der Waals surface area contributed by atoms with Gasteiger partial charge in [-0.05, 0) is 113 Å². The van der Waals surface area contributed by atoms with Gasteiger partial charge in [0.25, 0.3) is 5.91 Å². The first-order valence-electron chi connectivity index (χ1n) is 20.3. The smallest absolute Gasteiger partial charge is 0.278 e. The normalized spacial score (nSPS) is 17.4. The van der Waals surface area contributed by atoms with Gasteiger partial charge in [0.1, 0.15) is 12.5 Å². The number of halogens is 1. The van der Waals surface area contributed by atoms with Crippen LogP contribution in [0.15, 0.2) is 101 Å². The van der Waals surface area contributed by atoms with E-state index >= 15 is 0 Å². The number of amides is 2. The minimum atomic E-state index is -0.540. The van der Waals surface area contributed by atoms with Gasteiger partial charge in [-0.25, -0.2) is 4.99 Å². The third-order valence-electron chi connectivity index (χ3n) is 10.6. The van der Waals surface area contributed by atoms with Gasteiger partial charge >= 0.3 is 0 Å². The number of hydrogen-bond donors (Lipinski definition) is 2. The molecular formula is C46H55ClN6O4. The summed E-state index contributed by atoms with van der Waals surface area (Å²) in [5.74, 6) is 0.148. The van der Waals surface area contributed by atoms with E-state index in [9.17, 15) is 9.59 Å². The van der Waals surface area contributed by atoms with Crippen molar-refractivity contribution < 1.29 is 19.1 Å². The van der Waals surface area contributed by atoms with Crippen LogP contribution >= 0.6 is 11.6 Å². The predicted octanol–water partition coefficient (Wildman–Crippen LogP) is 10.5. The molecule has 0 radical (unpaired) electrons. The number of fused-ring (bicyclic) bond motifs is 1. The van der Waals surface area contributed by atoms with Crippen LogP contribution in [0.25, 0.3) is 0 Å². The molecule has 1 aliphatic carbocycles. The lowest BCUT2D eigenvalue weighted by molar-refractivity contribution is -0.123. The average Bonchev–Trinajstić information content (AvgIpc) is 3.22. The van der Waals surface area contributed by atoms with Gasteiger partial charge in [0.05, 0.1) is 34.0 Å². The minimum Gasteiger partial charge on any atom is -0.465 e. The van der Waals surface area contributed by atoms with Crippen molar-refractivity contribution >= 4 is 63.4 Å². The Balaban J connectivity index is 1.28. The van der Waals surface area contributed by atoms with Crippen LogP contribution in [0, 0.1) is 19.8 Å². The van der Waals surface area contributed by atoms with Gasteiger partial charge in [-0.3, -0.25) is 19.5 Å². The molecule has 2 aliphatic rings. The summed E-state index contributed by atoms with van der Waals surface area (Å²) in [5, 5.41) is 6.65. The molecule has 4 aromatic rings. The van der Waals surface area contributed by atoms with E-state index in [0.29, 0.717) is 27.8 Å². The summed E-state index contributed by atoms with van der Waals surface area (Å²) in [6.45, 7) is 12.3. The van der Waals surface area contributed by atoms with Gasteiger partial charge in [-0.1, -0.05) is 73.7 Å². The van der Waals surface area contributed by atoms with Crippen LogP contribution < -0.4 is 25.2 Å². The fourth-order valence-corrected chi connectivity index (χ4v) is 7.61. The SMILES string of the molecule is CCCCC(OCNc1ccc(Cl)c(NC(=O)/C(=N\c2ccc(N(CC)CC)cc2)C2=NC3CCCCC3C(=O)N2c2ccccc2)c1)Oc1ccc(C)cc1C. The predicted molar refractivity (Wildman–Crippen MR) is 234 cm³/mol. The Labute approximate surface area is 342 Å². The molecule has 1 aliphatic heterocycles. The van der Waals surface area contributed by atoms with E-state index in [1.807, 2.05) is 79.7 Å². The Kier molecular flexibility index (Phi) is 14.4. The number of carbonyl (C=O) groups excluding carboxylic acids is 2. The molecule has 1 saturated carbocycles. The Hall–Kier alpha value is -5.19. The summed E-state index contributed by atoms with van der Waals surface area (Å²) in [6, 6.07) is 28.3. The summed E-state index contributed by atoms with van der Waals surface area (Å²) in [5.41, 5.74) is 5.55. The van der Waals surface area contributed by atoms with Crippen LogP contribution in [0.2, 0.25) is 5.02 Å². The summed E-state index contributed by atoms with van der Waals surface area (Å²) >= 11 is 6.73. The number of nitrogens with one attached hydrogen (secondary N) is 2. The van der Waals surface area contributed by atoms with E-state index in [0.717, 1.165) is 75.0 Å². The second-order valence-corrected chi connectivity index (χ2v) is 15.1. The van der Waals surface area contributed by atoms with Crippen molar-refractivity contribution in [3.63, 3.8) is 0 Å². The second-order valence-electron chi connectivity index (χ2n) is 14.7. The molecule has 0 spiro atoms. The highest BCUT2D eigenvalue weighted by Gasteiger charge is 2.43. The maximum Gasteiger partial charge on any atom is 0.278 e. The molecule has 1 heterocycles. The van der Waals surface area contributed by atoms with Crippen LogP contribution in [0.3, 0.4) is 0 Å². The topological polar surface area (TPSA) is 108 Å². The second kappa shape index (κ2) is 19.8. The number of aliphatic imine (C=N–C) groups is 2. The van der Waals surface area contributed by atoms with Gasteiger partial charge < -0.3 is 25.0 Å². The lowest BCUT2D eigenvalue weighted by Crippen LogP contribution is -2.54. The fourth-order valence-electron chi connectivity index (χ4n) is 7.44. The molecule has 3 unspecified atom stereocenters. The molecule has 11 heteroatoms. The Morgan fingerprint density at radius 1 is 0.965 bits per heavy atom. The number of benzene rings is 4. The molecule has 2 amide bonds. The maximum atomic E-state index is 14.6. The Morgan fingerprint density at radius 3 is 2.44 bits per heavy atom. The number of rotatable bonds is 17. The quantitative estimate of drug-likeness (QED) is 0.0815. The van der Waals surface area contributed by atoms with Gasteiger partial charge in [0.15, 0.2) is 11.5 Å². The first-order chi connectivity index (χ1) is 27.7. The molecular weight excluding hydrogens is 736 g/mol. The van der Waals surface area contributed by atoms with Gasteiger partial charge in [-0.15, -0.1) is 0 Å². The van der Waals surface area contributed by atoms with Crippen LogP contribution in [-0.2, 0) is 14.3 Å². The van der Waals surface area contributed by atoms with Crippen molar-refractivity contribution in [2.45, 2.75) is 91.9 Å². The molecule has 4 aromatic carbocycles. The van der Waals surface area contributed by atoms with Gasteiger partial charge in [0, 0.05) is 30.9 Å². The van der Waals surface area contributed by atoms with Crippen molar-refractivity contribution in [1.82, 2.24) is 0 Å². The Morgan fingerprint density at radius 2 is 1.72 bits per heavy atom. The number of ether oxygens (including phenoxy) is 2. The number of nitrogens with zero attached hydrogens (tertiary/aromatic N) is 4. The Bertz CT molecular complexity index is 2050. The lowest BCUT2D eigenvalue weighted by Gasteiger charge is -2.38. The summed E-state index contributed by atoms with van der Waals surface area (Å²) in [6.07, 6.45) is 5.73. The third kappa shape index (κ3) is 10.4. The van der Waals surface area contributed by atoms with E-state index in [1.165, 1.54) is 5.56 Å². The molecule has 0 aromatic heterocycles. The third-order valence-corrected chi connectivity index (χ3v) is 10.9. The highest BCUT2D eigenvalue weighted by Crippen LogP contribution is 2.35. The van der Waals surface area contributed by atoms with E-state index in [1.54, 1.807) is 17.0 Å². The zero-order chi connectivity index (χ0) is 40.3. The molecule has 3 atom stereocenters. The number of hydrogen-bond acceptors (Lipinski definition) is 8. The number of anilines is 4. The van der Waals surface area contributed by atoms with E-state index < -0.39 is 12.2 Å². The number of aryl methyl sites for hydroxylation is 2. The highest BCUT2D eigenvalue weighted by atomic mass is 35.5. The lowest BCUT2D eigenvalue weighted by atomic mass is 9.82. The van der Waals surface area contributed by atoms with Crippen molar-refractivity contribution in [3.8, 4) is 5.75 Å². The summed E-state index contributed by atoms with van der Waals surface area (Å²) in [4.78, 5) is 42.9. The van der Waals surface area contributed by atoms with Crippen molar-refractivity contribution in [1.29, 1.82) is 0 Å². The standard InChI is InChI=1S/C46H55ClN6O4/c1-6-9-19-42(57-41-27-20-31(4)28-32(41)5)56-30-48-34-23-26-38(47)40(29-34)51-45(54)43(49-33-21-24-35(25-22-33)52(7-2)8-3)44-50-39-18-14-13-17-37(39)46(55)53(44)36-15-11-10-12-16-36/h10-12,15-16,20-29,37,39,42,48H,6-9,13-14,17-19,30H2,1-5H3,(H,51,54)/b49-43-. The molecule has 2 N–H and O–H groups in total. The van der Waals surface area contributed by atoms with Crippen molar-refractivity contribution in [2.75, 3.05) is 40.3 Å². The van der Waals surface area contributed by atoms with Gasteiger partial charge in [-0.2, -0.15) is 0 Å². The molecule has 57 heavy (non-hydrogen) atoms. The fraction of sp³-hybridized carbons (Fsp3) is 0.391. The van der Waals surface area contributed by atoms with E-state index in [-0.39, 0.29) is 36.1 Å². The maximum absolute atomic E-state index is 14.6.